The summed E-state index contributed by atoms with van der Waals surface area (Å²) in [5.74, 6) is 4.74. The van der Waals surface area contributed by atoms with Crippen molar-refractivity contribution < 1.29 is 9.63 Å². The van der Waals surface area contributed by atoms with Crippen molar-refractivity contribution in [1.29, 1.82) is 0 Å². The Balaban J connectivity index is 4.18. The Morgan fingerprint density at radius 2 is 1.73 bits per heavy atom. The second kappa shape index (κ2) is 7.69. The fourth-order valence-corrected chi connectivity index (χ4v) is 2.01. The normalized spacial score (nSPS) is 11.5. The Morgan fingerprint density at radius 3 is 2.13 bits per heavy atom. The van der Waals surface area contributed by atoms with Gasteiger partial charge in [0.2, 0.25) is 0 Å². The van der Waals surface area contributed by atoms with Gasteiger partial charge in [0.05, 0.1) is 5.41 Å². The van der Waals surface area contributed by atoms with E-state index in [-0.39, 0.29) is 11.4 Å². The molecule has 3 nitrogen and oxygen atoms in total. The lowest BCUT2D eigenvalue weighted by Gasteiger charge is -2.27. The molecule has 90 valence electrons. The summed E-state index contributed by atoms with van der Waals surface area (Å²) < 4.78 is 0. The fraction of sp³-hybridized carbons (Fsp3) is 0.917. The summed E-state index contributed by atoms with van der Waals surface area (Å²) in [7, 11) is 0. The van der Waals surface area contributed by atoms with E-state index in [0.29, 0.717) is 0 Å². The van der Waals surface area contributed by atoms with Crippen LogP contribution in [-0.4, -0.2) is 5.97 Å². The van der Waals surface area contributed by atoms with Crippen LogP contribution in [0.25, 0.3) is 0 Å². The third-order valence-corrected chi connectivity index (χ3v) is 3.40. The Kier molecular flexibility index (Phi) is 7.39. The molecule has 2 N–H and O–H groups in total. The predicted molar refractivity (Wildman–Crippen MR) is 62.1 cm³/mol. The van der Waals surface area contributed by atoms with E-state index >= 15 is 0 Å². The van der Waals surface area contributed by atoms with Crippen LogP contribution < -0.4 is 5.90 Å². The van der Waals surface area contributed by atoms with Crippen LogP contribution in [0.2, 0.25) is 0 Å². The van der Waals surface area contributed by atoms with Gasteiger partial charge >= 0.3 is 5.97 Å². The molecule has 0 aliphatic carbocycles. The van der Waals surface area contributed by atoms with Gasteiger partial charge in [-0.05, 0) is 19.3 Å². The molecule has 0 aliphatic rings. The van der Waals surface area contributed by atoms with E-state index in [9.17, 15) is 4.79 Å². The van der Waals surface area contributed by atoms with Crippen LogP contribution in [-0.2, 0) is 9.63 Å². The zero-order chi connectivity index (χ0) is 11.7. The Morgan fingerprint density at radius 1 is 1.13 bits per heavy atom. The number of rotatable bonds is 8. The number of carbonyl (C=O) groups excluding carboxylic acids is 1. The fourth-order valence-electron chi connectivity index (χ4n) is 2.01. The SMILES string of the molecule is CCCCCCC(CC)(CC)C(=O)ON. The van der Waals surface area contributed by atoms with Gasteiger partial charge in [0, 0.05) is 0 Å². The molecule has 0 saturated heterocycles. The average molecular weight is 215 g/mol. The van der Waals surface area contributed by atoms with Crippen LogP contribution in [0.5, 0.6) is 0 Å². The lowest BCUT2D eigenvalue weighted by atomic mass is 9.78. The van der Waals surface area contributed by atoms with Crippen molar-refractivity contribution in [3.63, 3.8) is 0 Å². The molecule has 0 rings (SSSR count). The van der Waals surface area contributed by atoms with Gasteiger partial charge in [-0.25, -0.2) is 4.79 Å². The second-order valence-corrected chi connectivity index (χ2v) is 4.20. The van der Waals surface area contributed by atoms with Crippen LogP contribution in [0.4, 0.5) is 0 Å². The molecule has 0 aromatic rings. The van der Waals surface area contributed by atoms with Gasteiger partial charge in [0.25, 0.3) is 0 Å². The first kappa shape index (κ1) is 14.4. The quantitative estimate of drug-likeness (QED) is 0.500. The van der Waals surface area contributed by atoms with E-state index in [1.54, 1.807) is 0 Å². The molecule has 0 unspecified atom stereocenters. The molecule has 0 radical (unpaired) electrons. The van der Waals surface area contributed by atoms with Gasteiger partial charge < -0.3 is 4.84 Å². The van der Waals surface area contributed by atoms with Gasteiger partial charge in [-0.15, -0.1) is 0 Å². The van der Waals surface area contributed by atoms with Gasteiger partial charge in [0.1, 0.15) is 0 Å². The maximum atomic E-state index is 11.6. The highest BCUT2D eigenvalue weighted by Crippen LogP contribution is 2.33. The Bertz CT molecular complexity index is 176. The van der Waals surface area contributed by atoms with Crippen LogP contribution in [0, 0.1) is 5.41 Å². The van der Waals surface area contributed by atoms with E-state index in [4.69, 9.17) is 5.90 Å². The topological polar surface area (TPSA) is 52.3 Å². The number of carbonyl (C=O) groups is 1. The van der Waals surface area contributed by atoms with E-state index in [1.807, 2.05) is 13.8 Å². The first-order valence-electron chi connectivity index (χ1n) is 6.08. The summed E-state index contributed by atoms with van der Waals surface area (Å²) in [5, 5.41) is 0. The second-order valence-electron chi connectivity index (χ2n) is 4.20. The minimum absolute atomic E-state index is 0.246. The summed E-state index contributed by atoms with van der Waals surface area (Å²) in [4.78, 5) is 16.0. The highest BCUT2D eigenvalue weighted by Gasteiger charge is 2.35. The molecule has 0 amide bonds. The average Bonchev–Trinajstić information content (AvgIpc) is 2.29. The predicted octanol–water partition coefficient (Wildman–Crippen LogP) is 3.18. The zero-order valence-corrected chi connectivity index (χ0v) is 10.3. The lowest BCUT2D eigenvalue weighted by Crippen LogP contribution is -2.33. The molecule has 0 atom stereocenters. The highest BCUT2D eigenvalue weighted by molar-refractivity contribution is 5.76. The molecular weight excluding hydrogens is 190 g/mol. The molecule has 0 aromatic heterocycles. The first-order chi connectivity index (χ1) is 7.16. The van der Waals surface area contributed by atoms with Crippen molar-refractivity contribution in [3.05, 3.63) is 0 Å². The molecule has 15 heavy (non-hydrogen) atoms. The Labute approximate surface area is 93.3 Å². The molecular formula is C12H25NO2. The molecule has 0 heterocycles. The van der Waals surface area contributed by atoms with Crippen molar-refractivity contribution in [2.75, 3.05) is 0 Å². The third-order valence-electron chi connectivity index (χ3n) is 3.40. The highest BCUT2D eigenvalue weighted by atomic mass is 16.7. The molecule has 0 aromatic carbocycles. The van der Waals surface area contributed by atoms with E-state index in [0.717, 1.165) is 25.7 Å². The number of hydrogen-bond donors (Lipinski definition) is 1. The van der Waals surface area contributed by atoms with Crippen LogP contribution >= 0.6 is 0 Å². The zero-order valence-electron chi connectivity index (χ0n) is 10.3. The van der Waals surface area contributed by atoms with E-state index < -0.39 is 0 Å². The summed E-state index contributed by atoms with van der Waals surface area (Å²) in [6.45, 7) is 6.24. The smallest absolute Gasteiger partial charge is 0.330 e. The number of nitrogens with two attached hydrogens (primary N) is 1. The summed E-state index contributed by atoms with van der Waals surface area (Å²) >= 11 is 0. The van der Waals surface area contributed by atoms with Gasteiger partial charge in [-0.1, -0.05) is 46.5 Å². The van der Waals surface area contributed by atoms with Gasteiger partial charge in [-0.2, -0.15) is 5.90 Å². The lowest BCUT2D eigenvalue weighted by molar-refractivity contribution is -0.157. The molecule has 0 aliphatic heterocycles. The maximum Gasteiger partial charge on any atom is 0.330 e. The minimum atomic E-state index is -0.345. The third kappa shape index (κ3) is 4.20. The van der Waals surface area contributed by atoms with Gasteiger partial charge in [0.15, 0.2) is 0 Å². The van der Waals surface area contributed by atoms with E-state index in [1.165, 1.54) is 19.3 Å². The summed E-state index contributed by atoms with van der Waals surface area (Å²) in [6, 6.07) is 0. The monoisotopic (exact) mass is 215 g/mol. The van der Waals surface area contributed by atoms with E-state index in [2.05, 4.69) is 11.8 Å². The molecule has 3 heteroatoms. The van der Waals surface area contributed by atoms with Crippen LogP contribution in [0.3, 0.4) is 0 Å². The number of hydrogen-bond acceptors (Lipinski definition) is 3. The molecule has 0 bridgehead atoms. The molecule has 0 saturated carbocycles. The van der Waals surface area contributed by atoms with Crippen molar-refractivity contribution >= 4 is 5.97 Å². The van der Waals surface area contributed by atoms with Crippen molar-refractivity contribution in [2.45, 2.75) is 65.7 Å². The molecule has 0 spiro atoms. The van der Waals surface area contributed by atoms with Crippen LogP contribution in [0.1, 0.15) is 65.7 Å². The first-order valence-corrected chi connectivity index (χ1v) is 6.08. The van der Waals surface area contributed by atoms with Crippen molar-refractivity contribution in [2.24, 2.45) is 11.3 Å². The van der Waals surface area contributed by atoms with Crippen molar-refractivity contribution in [3.8, 4) is 0 Å². The Hall–Kier alpha value is -0.570. The largest absolute Gasteiger partial charge is 0.373 e. The van der Waals surface area contributed by atoms with Crippen molar-refractivity contribution in [1.82, 2.24) is 0 Å². The number of unbranched alkanes of at least 4 members (excludes halogenated alkanes) is 3. The molecule has 0 fully saturated rings. The maximum absolute atomic E-state index is 11.6. The van der Waals surface area contributed by atoms with Gasteiger partial charge in [-0.3, -0.25) is 0 Å². The summed E-state index contributed by atoms with van der Waals surface area (Å²) in [6.07, 6.45) is 7.25. The summed E-state index contributed by atoms with van der Waals surface area (Å²) in [5.41, 5.74) is -0.345. The standard InChI is InChI=1S/C12H25NO2/c1-4-7-8-9-10-12(5-2,6-3)11(14)15-13/h4-10,13H2,1-3H3. The van der Waals surface area contributed by atoms with Crippen LogP contribution in [0.15, 0.2) is 0 Å². The minimum Gasteiger partial charge on any atom is -0.373 e.